The number of hydrogen-bond donors (Lipinski definition) is 2. The first kappa shape index (κ1) is 21.9. The summed E-state index contributed by atoms with van der Waals surface area (Å²) in [6.45, 7) is 0.217. The molecule has 0 unspecified atom stereocenters. The number of likely N-dealkylation sites (N-methyl/N-ethyl adjacent to an activating group) is 1. The predicted octanol–water partition coefficient (Wildman–Crippen LogP) is 4.63. The van der Waals surface area contributed by atoms with Crippen molar-refractivity contribution in [2.75, 3.05) is 11.9 Å². The van der Waals surface area contributed by atoms with Gasteiger partial charge in [-0.15, -0.1) is 0 Å². The van der Waals surface area contributed by atoms with Gasteiger partial charge in [0.25, 0.3) is 5.91 Å². The Morgan fingerprint density at radius 3 is 2.47 bits per heavy atom. The van der Waals surface area contributed by atoms with Gasteiger partial charge in [-0.2, -0.15) is 0 Å². The molecule has 3 aromatic rings. The molecule has 1 aliphatic heterocycles. The molecule has 0 radical (unpaired) electrons. The number of fused-ring (bicyclic) bond motifs is 1. The largest absolute Gasteiger partial charge is 0.334 e. The lowest BCUT2D eigenvalue weighted by molar-refractivity contribution is -0.119. The second kappa shape index (κ2) is 9.42. The summed E-state index contributed by atoms with van der Waals surface area (Å²) in [5.41, 5.74) is 3.80. The van der Waals surface area contributed by atoms with Crippen LogP contribution in [-0.2, 0) is 11.3 Å². The topological polar surface area (TPSA) is 73.8 Å². The Balaban J connectivity index is 1.59. The van der Waals surface area contributed by atoms with Crippen LogP contribution in [0.15, 0.2) is 77.8 Å². The Labute approximate surface area is 195 Å². The SMILES string of the molecule is CN1C(=O)[C@H](NC(=O)NCc2ccc(Cl)c(Cl)c2)N=C(c2ccccc2)c2ccccc21. The molecule has 0 bridgehead atoms. The third-order valence-corrected chi connectivity index (χ3v) is 5.83. The number of amides is 3. The van der Waals surface area contributed by atoms with E-state index in [1.165, 1.54) is 4.90 Å². The van der Waals surface area contributed by atoms with Crippen LogP contribution in [0.1, 0.15) is 16.7 Å². The Morgan fingerprint density at radius 1 is 1.00 bits per heavy atom. The van der Waals surface area contributed by atoms with Gasteiger partial charge in [0.05, 0.1) is 21.4 Å². The lowest BCUT2D eigenvalue weighted by atomic mass is 10.0. The van der Waals surface area contributed by atoms with Gasteiger partial charge in [-0.1, -0.05) is 77.8 Å². The molecule has 2 N–H and O–H groups in total. The zero-order valence-corrected chi connectivity index (χ0v) is 18.7. The molecule has 6 nitrogen and oxygen atoms in total. The highest BCUT2D eigenvalue weighted by atomic mass is 35.5. The molecule has 1 atom stereocenters. The Kier molecular flexibility index (Phi) is 6.44. The molecule has 1 aliphatic rings. The molecule has 0 aromatic heterocycles. The van der Waals surface area contributed by atoms with E-state index in [0.717, 1.165) is 22.4 Å². The zero-order valence-electron chi connectivity index (χ0n) is 17.2. The lowest BCUT2D eigenvalue weighted by Crippen LogP contribution is -2.49. The van der Waals surface area contributed by atoms with Crippen LogP contribution in [0.4, 0.5) is 10.5 Å². The van der Waals surface area contributed by atoms with Gasteiger partial charge in [-0.3, -0.25) is 4.79 Å². The smallest absolute Gasteiger partial charge is 0.317 e. The van der Waals surface area contributed by atoms with Gasteiger partial charge in [-0.25, -0.2) is 9.79 Å². The van der Waals surface area contributed by atoms with Gasteiger partial charge < -0.3 is 15.5 Å². The van der Waals surface area contributed by atoms with Crippen molar-refractivity contribution in [1.82, 2.24) is 10.6 Å². The molecule has 0 fully saturated rings. The maximum Gasteiger partial charge on any atom is 0.317 e. The molecule has 162 valence electrons. The van der Waals surface area contributed by atoms with E-state index >= 15 is 0 Å². The van der Waals surface area contributed by atoms with Crippen molar-refractivity contribution < 1.29 is 9.59 Å². The molecule has 1 heterocycles. The van der Waals surface area contributed by atoms with Crippen LogP contribution in [-0.4, -0.2) is 30.9 Å². The third kappa shape index (κ3) is 4.61. The average molecular weight is 467 g/mol. The van der Waals surface area contributed by atoms with E-state index in [1.807, 2.05) is 54.6 Å². The second-order valence-electron chi connectivity index (χ2n) is 7.24. The lowest BCUT2D eigenvalue weighted by Gasteiger charge is -2.21. The third-order valence-electron chi connectivity index (χ3n) is 5.10. The average Bonchev–Trinajstić information content (AvgIpc) is 2.91. The highest BCUT2D eigenvalue weighted by molar-refractivity contribution is 6.42. The van der Waals surface area contributed by atoms with Gasteiger partial charge in [0, 0.05) is 24.7 Å². The maximum atomic E-state index is 13.1. The van der Waals surface area contributed by atoms with E-state index in [9.17, 15) is 9.59 Å². The summed E-state index contributed by atoms with van der Waals surface area (Å²) in [4.78, 5) is 31.9. The first-order valence-electron chi connectivity index (χ1n) is 9.92. The molecule has 4 rings (SSSR count). The summed E-state index contributed by atoms with van der Waals surface area (Å²) in [6.07, 6.45) is -1.09. The molecule has 3 aromatic carbocycles. The first-order valence-corrected chi connectivity index (χ1v) is 10.7. The number of para-hydroxylation sites is 1. The second-order valence-corrected chi connectivity index (χ2v) is 8.05. The molecule has 0 aliphatic carbocycles. The van der Waals surface area contributed by atoms with E-state index in [4.69, 9.17) is 23.2 Å². The number of carbonyl (C=O) groups is 2. The Bertz CT molecular complexity index is 1200. The minimum atomic E-state index is -1.09. The van der Waals surface area contributed by atoms with Crippen molar-refractivity contribution in [2.45, 2.75) is 12.7 Å². The molecule has 8 heteroatoms. The fraction of sp³-hybridized carbons (Fsp3) is 0.125. The van der Waals surface area contributed by atoms with E-state index in [1.54, 1.807) is 25.2 Å². The number of carbonyl (C=O) groups excluding carboxylic acids is 2. The fourth-order valence-corrected chi connectivity index (χ4v) is 3.77. The van der Waals surface area contributed by atoms with Gasteiger partial charge in [0.2, 0.25) is 6.17 Å². The minimum Gasteiger partial charge on any atom is -0.334 e. The number of halogens is 2. The molecule has 3 amide bonds. The number of urea groups is 1. The molecule has 0 spiro atoms. The fourth-order valence-electron chi connectivity index (χ4n) is 3.45. The van der Waals surface area contributed by atoms with Gasteiger partial charge in [-0.05, 0) is 23.8 Å². The molecular weight excluding hydrogens is 447 g/mol. The zero-order chi connectivity index (χ0) is 22.7. The number of aliphatic imine (C=N–C) groups is 1. The van der Waals surface area contributed by atoms with Crippen molar-refractivity contribution in [3.05, 3.63) is 99.5 Å². The van der Waals surface area contributed by atoms with Gasteiger partial charge >= 0.3 is 6.03 Å². The quantitative estimate of drug-likeness (QED) is 0.587. The number of nitrogens with one attached hydrogen (secondary N) is 2. The first-order chi connectivity index (χ1) is 15.4. The highest BCUT2D eigenvalue weighted by Crippen LogP contribution is 2.27. The number of anilines is 1. The van der Waals surface area contributed by atoms with Crippen molar-refractivity contribution >= 4 is 46.5 Å². The van der Waals surface area contributed by atoms with Gasteiger partial charge in [0.1, 0.15) is 0 Å². The van der Waals surface area contributed by atoms with E-state index in [-0.39, 0.29) is 12.5 Å². The summed E-state index contributed by atoms with van der Waals surface area (Å²) >= 11 is 12.0. The summed E-state index contributed by atoms with van der Waals surface area (Å²) in [5.74, 6) is -0.340. The predicted molar refractivity (Wildman–Crippen MR) is 128 cm³/mol. The van der Waals surface area contributed by atoms with Crippen molar-refractivity contribution in [2.24, 2.45) is 4.99 Å². The van der Waals surface area contributed by atoms with Crippen LogP contribution in [0.25, 0.3) is 0 Å². The number of benzodiazepines with no additional fused rings is 1. The van der Waals surface area contributed by atoms with E-state index < -0.39 is 12.2 Å². The summed E-state index contributed by atoms with van der Waals surface area (Å²) < 4.78 is 0. The number of nitrogens with zero attached hydrogens (tertiary/aromatic N) is 2. The van der Waals surface area contributed by atoms with Crippen LogP contribution >= 0.6 is 23.2 Å². The Hall–Kier alpha value is -3.35. The van der Waals surface area contributed by atoms with Crippen LogP contribution in [0.5, 0.6) is 0 Å². The van der Waals surface area contributed by atoms with Crippen LogP contribution in [0.3, 0.4) is 0 Å². The van der Waals surface area contributed by atoms with Crippen molar-refractivity contribution in [1.29, 1.82) is 0 Å². The monoisotopic (exact) mass is 466 g/mol. The number of benzene rings is 3. The molecular formula is C24H20Cl2N4O2. The number of hydrogen-bond acceptors (Lipinski definition) is 3. The van der Waals surface area contributed by atoms with E-state index in [0.29, 0.717) is 15.8 Å². The molecule has 0 saturated carbocycles. The van der Waals surface area contributed by atoms with E-state index in [2.05, 4.69) is 15.6 Å². The van der Waals surface area contributed by atoms with Crippen molar-refractivity contribution in [3.63, 3.8) is 0 Å². The van der Waals surface area contributed by atoms with Gasteiger partial charge in [0.15, 0.2) is 0 Å². The van der Waals surface area contributed by atoms with Crippen LogP contribution in [0, 0.1) is 0 Å². The Morgan fingerprint density at radius 2 is 1.72 bits per heavy atom. The standard InChI is InChI=1S/C24H20Cl2N4O2/c1-30-20-10-6-5-9-17(20)21(16-7-3-2-4-8-16)28-22(23(30)31)29-24(32)27-14-15-11-12-18(25)19(26)13-15/h2-13,22H,14H2,1H3,(H2,27,29,32)/t22-/m0/s1. The van der Waals surface area contributed by atoms with Crippen molar-refractivity contribution in [3.8, 4) is 0 Å². The van der Waals surface area contributed by atoms with Crippen LogP contribution < -0.4 is 15.5 Å². The summed E-state index contributed by atoms with van der Waals surface area (Å²) in [7, 11) is 1.67. The number of rotatable bonds is 4. The minimum absolute atomic E-state index is 0.217. The molecule has 0 saturated heterocycles. The summed E-state index contributed by atoms with van der Waals surface area (Å²) in [5, 5.41) is 6.26. The van der Waals surface area contributed by atoms with Crippen LogP contribution in [0.2, 0.25) is 10.0 Å². The highest BCUT2D eigenvalue weighted by Gasteiger charge is 2.30. The molecule has 32 heavy (non-hydrogen) atoms. The summed E-state index contributed by atoms with van der Waals surface area (Å²) in [6, 6.07) is 21.7. The normalized spacial score (nSPS) is 15.5. The maximum absolute atomic E-state index is 13.1.